The molecule has 2 N–H and O–H groups in total. The van der Waals surface area contributed by atoms with Gasteiger partial charge in [-0.05, 0) is 31.0 Å². The third kappa shape index (κ3) is 7.20. The Morgan fingerprint density at radius 1 is 1.18 bits per heavy atom. The van der Waals surface area contributed by atoms with E-state index in [-0.39, 0.29) is 24.0 Å². The van der Waals surface area contributed by atoms with E-state index in [1.54, 1.807) is 14.2 Å². The highest BCUT2D eigenvalue weighted by Gasteiger charge is 2.06. The molecule has 22 heavy (non-hydrogen) atoms. The molecule has 1 rings (SSSR count). The van der Waals surface area contributed by atoms with E-state index in [1.165, 1.54) is 6.42 Å². The monoisotopic (exact) mass is 421 g/mol. The number of benzene rings is 1. The second-order valence-corrected chi connectivity index (χ2v) is 4.62. The van der Waals surface area contributed by atoms with E-state index in [4.69, 9.17) is 9.47 Å². The molecule has 0 amide bonds. The second-order valence-electron chi connectivity index (χ2n) is 4.62. The number of unbranched alkanes of at least 4 members (excludes halogenated alkanes) is 1. The van der Waals surface area contributed by atoms with Crippen molar-refractivity contribution < 1.29 is 9.47 Å². The highest BCUT2D eigenvalue weighted by Crippen LogP contribution is 2.27. The first-order valence-electron chi connectivity index (χ1n) is 7.49. The van der Waals surface area contributed by atoms with Gasteiger partial charge in [0.15, 0.2) is 17.5 Å². The molecule has 0 spiro atoms. The molecule has 0 bridgehead atoms. The number of methoxy groups -OCH3 is 1. The van der Waals surface area contributed by atoms with E-state index in [2.05, 4.69) is 22.5 Å². The predicted octanol–water partition coefficient (Wildman–Crippen LogP) is 3.18. The molecule has 0 unspecified atom stereocenters. The van der Waals surface area contributed by atoms with E-state index in [1.807, 2.05) is 25.1 Å². The fourth-order valence-corrected chi connectivity index (χ4v) is 1.89. The highest BCUT2D eigenvalue weighted by molar-refractivity contribution is 14.0. The van der Waals surface area contributed by atoms with Crippen LogP contribution in [0.5, 0.6) is 11.5 Å². The number of nitrogens with one attached hydrogen (secondary N) is 2. The van der Waals surface area contributed by atoms with E-state index < -0.39 is 0 Å². The van der Waals surface area contributed by atoms with Gasteiger partial charge < -0.3 is 20.1 Å². The molecule has 0 aromatic heterocycles. The summed E-state index contributed by atoms with van der Waals surface area (Å²) in [5.41, 5.74) is 1.12. The molecule has 0 aliphatic carbocycles. The highest BCUT2D eigenvalue weighted by atomic mass is 127. The first kappa shape index (κ1) is 20.8. The van der Waals surface area contributed by atoms with E-state index >= 15 is 0 Å². The van der Waals surface area contributed by atoms with Gasteiger partial charge in [-0.1, -0.05) is 19.4 Å². The Morgan fingerprint density at radius 3 is 2.55 bits per heavy atom. The third-order valence-electron chi connectivity index (χ3n) is 3.03. The fourth-order valence-electron chi connectivity index (χ4n) is 1.89. The van der Waals surface area contributed by atoms with Crippen LogP contribution in [0.4, 0.5) is 0 Å². The molecule has 126 valence electrons. The molecular formula is C16H28IN3O2. The quantitative estimate of drug-likeness (QED) is 0.293. The van der Waals surface area contributed by atoms with Gasteiger partial charge in [-0.2, -0.15) is 0 Å². The summed E-state index contributed by atoms with van der Waals surface area (Å²) >= 11 is 0. The Bertz CT molecular complexity index is 453. The van der Waals surface area contributed by atoms with Crippen molar-refractivity contribution in [2.75, 3.05) is 27.3 Å². The van der Waals surface area contributed by atoms with Crippen LogP contribution >= 0.6 is 24.0 Å². The van der Waals surface area contributed by atoms with Crippen LogP contribution in [0.25, 0.3) is 0 Å². The van der Waals surface area contributed by atoms with Gasteiger partial charge in [0.1, 0.15) is 0 Å². The summed E-state index contributed by atoms with van der Waals surface area (Å²) < 4.78 is 10.9. The zero-order chi connectivity index (χ0) is 15.5. The molecule has 6 heteroatoms. The Morgan fingerprint density at radius 2 is 1.95 bits per heavy atom. The molecule has 5 nitrogen and oxygen atoms in total. The van der Waals surface area contributed by atoms with Crippen molar-refractivity contribution in [3.05, 3.63) is 23.8 Å². The maximum atomic E-state index is 5.58. The average molecular weight is 421 g/mol. The van der Waals surface area contributed by atoms with Gasteiger partial charge in [0.25, 0.3) is 0 Å². The van der Waals surface area contributed by atoms with Crippen molar-refractivity contribution in [2.24, 2.45) is 4.99 Å². The topological polar surface area (TPSA) is 54.9 Å². The Balaban J connectivity index is 0.00000441. The van der Waals surface area contributed by atoms with Gasteiger partial charge in [0.2, 0.25) is 0 Å². The molecule has 0 saturated carbocycles. The summed E-state index contributed by atoms with van der Waals surface area (Å²) in [4.78, 5) is 4.21. The summed E-state index contributed by atoms with van der Waals surface area (Å²) in [6.45, 7) is 6.38. The van der Waals surface area contributed by atoms with Crippen molar-refractivity contribution >= 4 is 29.9 Å². The Labute approximate surface area is 150 Å². The summed E-state index contributed by atoms with van der Waals surface area (Å²) in [5, 5.41) is 6.58. The van der Waals surface area contributed by atoms with Gasteiger partial charge in [0.05, 0.1) is 13.7 Å². The summed E-state index contributed by atoms with van der Waals surface area (Å²) in [5.74, 6) is 2.34. The largest absolute Gasteiger partial charge is 0.493 e. The second kappa shape index (κ2) is 12.4. The number of rotatable bonds is 8. The van der Waals surface area contributed by atoms with Crippen molar-refractivity contribution in [2.45, 2.75) is 33.2 Å². The van der Waals surface area contributed by atoms with E-state index in [0.717, 1.165) is 36.0 Å². The van der Waals surface area contributed by atoms with Gasteiger partial charge in [-0.3, -0.25) is 4.99 Å². The molecule has 0 aliphatic rings. The van der Waals surface area contributed by atoms with Crippen molar-refractivity contribution in [1.82, 2.24) is 10.6 Å². The minimum absolute atomic E-state index is 0. The molecule has 0 atom stereocenters. The van der Waals surface area contributed by atoms with Crippen molar-refractivity contribution in [3.63, 3.8) is 0 Å². The number of hydrogen-bond donors (Lipinski definition) is 2. The summed E-state index contributed by atoms with van der Waals surface area (Å²) in [6, 6.07) is 5.94. The lowest BCUT2D eigenvalue weighted by atomic mass is 10.2. The van der Waals surface area contributed by atoms with Crippen LogP contribution in [0.3, 0.4) is 0 Å². The molecule has 0 heterocycles. The standard InChI is InChI=1S/C16H27N3O2.HI/c1-5-7-10-18-16(17-3)19-12-13-8-9-14(20-4)15(11-13)21-6-2;/h8-9,11H,5-7,10,12H2,1-4H3,(H2,17,18,19);1H. The lowest BCUT2D eigenvalue weighted by Crippen LogP contribution is -2.37. The molecule has 1 aromatic rings. The number of halogens is 1. The Hall–Kier alpha value is -1.18. The summed E-state index contributed by atoms with van der Waals surface area (Å²) in [7, 11) is 3.43. The van der Waals surface area contributed by atoms with Crippen LogP contribution in [0.1, 0.15) is 32.3 Å². The minimum Gasteiger partial charge on any atom is -0.493 e. The van der Waals surface area contributed by atoms with Crippen LogP contribution in [0.2, 0.25) is 0 Å². The SMILES string of the molecule is CCCCNC(=NC)NCc1ccc(OC)c(OCC)c1.I. The summed E-state index contributed by atoms with van der Waals surface area (Å²) in [6.07, 6.45) is 2.30. The lowest BCUT2D eigenvalue weighted by Gasteiger charge is -2.14. The minimum atomic E-state index is 0. The van der Waals surface area contributed by atoms with E-state index in [9.17, 15) is 0 Å². The first-order chi connectivity index (χ1) is 10.2. The smallest absolute Gasteiger partial charge is 0.191 e. The normalized spacial score (nSPS) is 10.6. The van der Waals surface area contributed by atoms with Crippen LogP contribution in [-0.2, 0) is 6.54 Å². The maximum absolute atomic E-state index is 5.58. The maximum Gasteiger partial charge on any atom is 0.191 e. The van der Waals surface area contributed by atoms with Gasteiger partial charge >= 0.3 is 0 Å². The molecule has 0 radical (unpaired) electrons. The van der Waals surface area contributed by atoms with Crippen molar-refractivity contribution in [1.29, 1.82) is 0 Å². The number of guanidine groups is 1. The van der Waals surface area contributed by atoms with Gasteiger partial charge in [-0.15, -0.1) is 24.0 Å². The lowest BCUT2D eigenvalue weighted by molar-refractivity contribution is 0.310. The van der Waals surface area contributed by atoms with Crippen molar-refractivity contribution in [3.8, 4) is 11.5 Å². The predicted molar refractivity (Wildman–Crippen MR) is 103 cm³/mol. The van der Waals surface area contributed by atoms with Gasteiger partial charge in [-0.25, -0.2) is 0 Å². The number of nitrogens with zero attached hydrogens (tertiary/aromatic N) is 1. The van der Waals surface area contributed by atoms with Crippen LogP contribution in [0, 0.1) is 0 Å². The molecular weight excluding hydrogens is 393 g/mol. The fraction of sp³-hybridized carbons (Fsp3) is 0.562. The molecule has 0 saturated heterocycles. The molecule has 0 fully saturated rings. The number of aliphatic imine (C=N–C) groups is 1. The molecule has 1 aromatic carbocycles. The van der Waals surface area contributed by atoms with Crippen LogP contribution in [-0.4, -0.2) is 33.3 Å². The number of ether oxygens (including phenoxy) is 2. The van der Waals surface area contributed by atoms with Gasteiger partial charge in [0, 0.05) is 20.1 Å². The first-order valence-corrected chi connectivity index (χ1v) is 7.49. The molecule has 0 aliphatic heterocycles. The average Bonchev–Trinajstić information content (AvgIpc) is 2.51. The Kier molecular flexibility index (Phi) is 11.7. The van der Waals surface area contributed by atoms with Crippen LogP contribution < -0.4 is 20.1 Å². The van der Waals surface area contributed by atoms with E-state index in [0.29, 0.717) is 13.2 Å². The third-order valence-corrected chi connectivity index (χ3v) is 3.03. The number of hydrogen-bond acceptors (Lipinski definition) is 3. The van der Waals surface area contributed by atoms with Crippen LogP contribution in [0.15, 0.2) is 23.2 Å². The zero-order valence-electron chi connectivity index (χ0n) is 13.9. The zero-order valence-corrected chi connectivity index (χ0v) is 16.3.